The van der Waals surface area contributed by atoms with E-state index >= 15 is 0 Å². The number of nitrogens with zero attached hydrogens (tertiary/aromatic N) is 3. The van der Waals surface area contributed by atoms with Crippen molar-refractivity contribution in [3.63, 3.8) is 0 Å². The fourth-order valence-corrected chi connectivity index (χ4v) is 3.36. The Morgan fingerprint density at radius 3 is 2.81 bits per heavy atom. The van der Waals surface area contributed by atoms with Crippen LogP contribution >= 0.6 is 0 Å². The summed E-state index contributed by atoms with van der Waals surface area (Å²) in [6.07, 6.45) is 3.75. The van der Waals surface area contributed by atoms with Crippen LogP contribution < -0.4 is 10.2 Å². The van der Waals surface area contributed by atoms with Gasteiger partial charge in [-0.2, -0.15) is 5.26 Å². The third-order valence-electron chi connectivity index (χ3n) is 4.69. The van der Waals surface area contributed by atoms with Crippen molar-refractivity contribution in [2.24, 2.45) is 0 Å². The summed E-state index contributed by atoms with van der Waals surface area (Å²) in [4.78, 5) is 19.3. The lowest BCUT2D eigenvalue weighted by molar-refractivity contribution is 0.102. The SMILES string of the molecule is N#Cc1ccccc1NC(=O)c1ccnc(N2CCCc3ccccc32)c1. The largest absolute Gasteiger partial charge is 0.326 e. The van der Waals surface area contributed by atoms with Crippen LogP contribution in [0.25, 0.3) is 0 Å². The van der Waals surface area contributed by atoms with Crippen molar-refractivity contribution in [2.45, 2.75) is 12.8 Å². The molecule has 5 nitrogen and oxygen atoms in total. The van der Waals surface area contributed by atoms with E-state index in [1.54, 1.807) is 42.6 Å². The van der Waals surface area contributed by atoms with E-state index < -0.39 is 0 Å². The average molecular weight is 354 g/mol. The van der Waals surface area contributed by atoms with E-state index in [9.17, 15) is 10.1 Å². The lowest BCUT2D eigenvalue weighted by atomic mass is 10.0. The minimum absolute atomic E-state index is 0.258. The molecule has 3 aromatic rings. The molecule has 27 heavy (non-hydrogen) atoms. The van der Waals surface area contributed by atoms with Gasteiger partial charge in [0.25, 0.3) is 5.91 Å². The van der Waals surface area contributed by atoms with Crippen molar-refractivity contribution in [2.75, 3.05) is 16.8 Å². The van der Waals surface area contributed by atoms with E-state index in [1.165, 1.54) is 5.56 Å². The zero-order valence-electron chi connectivity index (χ0n) is 14.7. The minimum Gasteiger partial charge on any atom is -0.326 e. The highest BCUT2D eigenvalue weighted by Crippen LogP contribution is 2.32. The second-order valence-corrected chi connectivity index (χ2v) is 6.40. The van der Waals surface area contributed by atoms with E-state index in [2.05, 4.69) is 33.4 Å². The number of carbonyl (C=O) groups is 1. The summed E-state index contributed by atoms with van der Waals surface area (Å²) >= 11 is 0. The Balaban J connectivity index is 1.62. The lowest BCUT2D eigenvalue weighted by Crippen LogP contribution is -2.25. The van der Waals surface area contributed by atoms with Crippen LogP contribution in [0, 0.1) is 11.3 Å². The molecule has 1 N–H and O–H groups in total. The Morgan fingerprint density at radius 2 is 1.93 bits per heavy atom. The molecular weight excluding hydrogens is 336 g/mol. The van der Waals surface area contributed by atoms with Gasteiger partial charge in [-0.05, 0) is 48.7 Å². The van der Waals surface area contributed by atoms with Crippen molar-refractivity contribution >= 4 is 23.1 Å². The van der Waals surface area contributed by atoms with Crippen molar-refractivity contribution in [1.29, 1.82) is 5.26 Å². The van der Waals surface area contributed by atoms with Crippen LogP contribution in [0.1, 0.15) is 27.9 Å². The Morgan fingerprint density at radius 1 is 1.11 bits per heavy atom. The molecule has 1 aromatic heterocycles. The van der Waals surface area contributed by atoms with E-state index in [4.69, 9.17) is 0 Å². The van der Waals surface area contributed by atoms with Crippen molar-refractivity contribution in [3.8, 4) is 6.07 Å². The zero-order valence-corrected chi connectivity index (χ0v) is 14.7. The number of para-hydroxylation sites is 2. The van der Waals surface area contributed by atoms with E-state index in [0.717, 1.165) is 30.9 Å². The number of hydrogen-bond donors (Lipinski definition) is 1. The summed E-state index contributed by atoms with van der Waals surface area (Å²) in [5, 5.41) is 12.0. The highest BCUT2D eigenvalue weighted by Gasteiger charge is 2.20. The second kappa shape index (κ2) is 7.30. The van der Waals surface area contributed by atoms with Gasteiger partial charge < -0.3 is 10.2 Å². The number of amides is 1. The molecule has 2 heterocycles. The maximum absolute atomic E-state index is 12.7. The number of nitrogens with one attached hydrogen (secondary N) is 1. The van der Waals surface area contributed by atoms with Crippen LogP contribution in [-0.4, -0.2) is 17.4 Å². The predicted molar refractivity (Wildman–Crippen MR) is 105 cm³/mol. The van der Waals surface area contributed by atoms with Gasteiger partial charge in [0, 0.05) is 24.0 Å². The van der Waals surface area contributed by atoms with Crippen LogP contribution in [0.5, 0.6) is 0 Å². The number of anilines is 3. The minimum atomic E-state index is -0.258. The number of aryl methyl sites for hydroxylation is 1. The van der Waals surface area contributed by atoms with Crippen molar-refractivity contribution < 1.29 is 4.79 Å². The number of benzene rings is 2. The molecule has 0 fully saturated rings. The number of carbonyl (C=O) groups excluding carboxylic acids is 1. The van der Waals surface area contributed by atoms with Crippen LogP contribution in [0.3, 0.4) is 0 Å². The standard InChI is InChI=1S/C22H18N4O/c23-15-18-7-1-3-9-19(18)25-22(27)17-11-12-24-21(14-17)26-13-5-8-16-6-2-4-10-20(16)26/h1-4,6-7,9-12,14H,5,8,13H2,(H,25,27). The summed E-state index contributed by atoms with van der Waals surface area (Å²) < 4.78 is 0. The summed E-state index contributed by atoms with van der Waals surface area (Å²) in [7, 11) is 0. The first kappa shape index (κ1) is 16.8. The second-order valence-electron chi connectivity index (χ2n) is 6.40. The average Bonchev–Trinajstić information content (AvgIpc) is 2.74. The monoisotopic (exact) mass is 354 g/mol. The van der Waals surface area contributed by atoms with Crippen LogP contribution in [-0.2, 0) is 6.42 Å². The fraction of sp³-hybridized carbons (Fsp3) is 0.136. The summed E-state index contributed by atoms with van der Waals surface area (Å²) in [5.41, 5.74) is 3.89. The molecule has 0 unspecified atom stereocenters. The van der Waals surface area contributed by atoms with Crippen molar-refractivity contribution in [1.82, 2.24) is 4.98 Å². The van der Waals surface area contributed by atoms with Gasteiger partial charge in [-0.3, -0.25) is 4.79 Å². The van der Waals surface area contributed by atoms with E-state index in [0.29, 0.717) is 16.8 Å². The Kier molecular flexibility index (Phi) is 4.54. The molecule has 1 amide bonds. The molecule has 1 aliphatic rings. The highest BCUT2D eigenvalue weighted by molar-refractivity contribution is 6.05. The molecule has 0 bridgehead atoms. The van der Waals surface area contributed by atoms with Gasteiger partial charge in [-0.15, -0.1) is 0 Å². The highest BCUT2D eigenvalue weighted by atomic mass is 16.1. The maximum atomic E-state index is 12.7. The molecular formula is C22H18N4O. The molecule has 0 spiro atoms. The Labute approximate surface area is 157 Å². The van der Waals surface area contributed by atoms with E-state index in [-0.39, 0.29) is 5.91 Å². The number of rotatable bonds is 3. The predicted octanol–water partition coefficient (Wildman–Crippen LogP) is 4.29. The Hall–Kier alpha value is -3.65. The van der Waals surface area contributed by atoms with Gasteiger partial charge in [0.2, 0.25) is 0 Å². The van der Waals surface area contributed by atoms with Crippen LogP contribution in [0.15, 0.2) is 66.9 Å². The maximum Gasteiger partial charge on any atom is 0.255 e. The van der Waals surface area contributed by atoms with Crippen LogP contribution in [0.4, 0.5) is 17.2 Å². The van der Waals surface area contributed by atoms with Gasteiger partial charge >= 0.3 is 0 Å². The quantitative estimate of drug-likeness (QED) is 0.762. The third kappa shape index (κ3) is 3.38. The molecule has 0 saturated carbocycles. The molecule has 1 aliphatic heterocycles. The fourth-order valence-electron chi connectivity index (χ4n) is 3.36. The van der Waals surface area contributed by atoms with Gasteiger partial charge in [-0.25, -0.2) is 4.98 Å². The summed E-state index contributed by atoms with van der Waals surface area (Å²) in [6.45, 7) is 0.867. The number of pyridine rings is 1. The summed E-state index contributed by atoms with van der Waals surface area (Å²) in [6, 6.07) is 20.8. The smallest absolute Gasteiger partial charge is 0.255 e. The normalized spacial score (nSPS) is 12.8. The first-order chi connectivity index (χ1) is 13.3. The van der Waals surface area contributed by atoms with Crippen molar-refractivity contribution in [3.05, 3.63) is 83.6 Å². The summed E-state index contributed by atoms with van der Waals surface area (Å²) in [5.74, 6) is 0.495. The molecule has 0 radical (unpaired) electrons. The molecule has 4 rings (SSSR count). The molecule has 132 valence electrons. The zero-order chi connectivity index (χ0) is 18.6. The molecule has 0 saturated heterocycles. The number of nitriles is 1. The number of fused-ring (bicyclic) bond motifs is 1. The topological polar surface area (TPSA) is 69.0 Å². The van der Waals surface area contributed by atoms with Gasteiger partial charge in [-0.1, -0.05) is 30.3 Å². The molecule has 2 aromatic carbocycles. The lowest BCUT2D eigenvalue weighted by Gasteiger charge is -2.30. The molecule has 5 heteroatoms. The van der Waals surface area contributed by atoms with Gasteiger partial charge in [0.05, 0.1) is 11.3 Å². The molecule has 0 aliphatic carbocycles. The van der Waals surface area contributed by atoms with Gasteiger partial charge in [0.15, 0.2) is 0 Å². The number of aromatic nitrogens is 1. The number of hydrogen-bond acceptors (Lipinski definition) is 4. The third-order valence-corrected chi connectivity index (χ3v) is 4.69. The van der Waals surface area contributed by atoms with E-state index in [1.807, 2.05) is 12.1 Å². The van der Waals surface area contributed by atoms with Crippen LogP contribution in [0.2, 0.25) is 0 Å². The first-order valence-corrected chi connectivity index (χ1v) is 8.88. The Bertz CT molecular complexity index is 1040. The molecule has 0 atom stereocenters. The first-order valence-electron chi connectivity index (χ1n) is 8.88. The van der Waals surface area contributed by atoms with Gasteiger partial charge in [0.1, 0.15) is 11.9 Å².